The van der Waals surface area contributed by atoms with Crippen LogP contribution in [0.3, 0.4) is 0 Å². The lowest BCUT2D eigenvalue weighted by Crippen LogP contribution is -2.49. The number of hydrogen-bond acceptors (Lipinski definition) is 7. The number of hydrogen-bond donors (Lipinski definition) is 0. The normalized spacial score (nSPS) is 17.9. The topological polar surface area (TPSA) is 74.7 Å². The lowest BCUT2D eigenvalue weighted by Gasteiger charge is -2.35. The fraction of sp³-hybridized carbons (Fsp3) is 0.375. The lowest BCUT2D eigenvalue weighted by molar-refractivity contribution is -0.128. The van der Waals surface area contributed by atoms with Gasteiger partial charge in [0.05, 0.1) is 16.6 Å². The second-order valence-electron chi connectivity index (χ2n) is 11.1. The van der Waals surface area contributed by atoms with E-state index in [4.69, 9.17) is 19.7 Å². The van der Waals surface area contributed by atoms with Gasteiger partial charge in [0.25, 0.3) is 5.91 Å². The van der Waals surface area contributed by atoms with Crippen molar-refractivity contribution in [3.05, 3.63) is 66.1 Å². The van der Waals surface area contributed by atoms with Gasteiger partial charge in [0, 0.05) is 49.5 Å². The molecule has 4 heterocycles. The van der Waals surface area contributed by atoms with Crippen LogP contribution in [-0.2, 0) is 4.79 Å². The Morgan fingerprint density at radius 3 is 2.54 bits per heavy atom. The van der Waals surface area contributed by atoms with Crippen LogP contribution in [0.25, 0.3) is 32.9 Å². The molecule has 2 aliphatic rings. The van der Waals surface area contributed by atoms with E-state index in [0.29, 0.717) is 50.7 Å². The van der Waals surface area contributed by atoms with Gasteiger partial charge in [-0.05, 0) is 56.6 Å². The predicted molar refractivity (Wildman–Crippen MR) is 160 cm³/mol. The van der Waals surface area contributed by atoms with E-state index in [1.54, 1.807) is 0 Å². The molecule has 2 saturated heterocycles. The molecule has 1 amide bonds. The molecule has 0 N–H and O–H groups in total. The van der Waals surface area contributed by atoms with Gasteiger partial charge in [0.1, 0.15) is 12.4 Å². The van der Waals surface area contributed by atoms with Crippen molar-refractivity contribution in [3.8, 4) is 17.3 Å². The summed E-state index contributed by atoms with van der Waals surface area (Å²) in [5.41, 5.74) is 4.87. The van der Waals surface area contributed by atoms with Gasteiger partial charge in [-0.25, -0.2) is 4.39 Å². The fourth-order valence-corrected chi connectivity index (χ4v) is 6.14. The van der Waals surface area contributed by atoms with E-state index in [0.717, 1.165) is 47.1 Å². The number of pyridine rings is 1. The van der Waals surface area contributed by atoms with Crippen LogP contribution in [0.2, 0.25) is 0 Å². The first-order chi connectivity index (χ1) is 19.8. The van der Waals surface area contributed by atoms with E-state index in [1.165, 1.54) is 21.2 Å². The summed E-state index contributed by atoms with van der Waals surface area (Å²) in [6.45, 7) is 10.7. The summed E-state index contributed by atoms with van der Waals surface area (Å²) in [7, 11) is 2.12. The molecule has 9 heteroatoms. The molecule has 212 valence electrons. The van der Waals surface area contributed by atoms with Crippen LogP contribution in [0.4, 0.5) is 10.2 Å². The number of piperazine rings is 1. The van der Waals surface area contributed by atoms with E-state index < -0.39 is 11.7 Å². The van der Waals surface area contributed by atoms with Crippen LogP contribution in [0.5, 0.6) is 6.01 Å². The Hall–Kier alpha value is -4.11. The van der Waals surface area contributed by atoms with Gasteiger partial charge in [-0.2, -0.15) is 9.97 Å². The quantitative estimate of drug-likeness (QED) is 0.308. The number of fused-ring (bicyclic) bond motifs is 2. The highest BCUT2D eigenvalue weighted by Crippen LogP contribution is 2.36. The van der Waals surface area contributed by atoms with Crippen LogP contribution >= 0.6 is 0 Å². The number of amides is 1. The number of likely N-dealkylation sites (tertiary alicyclic amines) is 1. The Labute approximate surface area is 239 Å². The van der Waals surface area contributed by atoms with Gasteiger partial charge in [-0.1, -0.05) is 43.0 Å². The third-order valence-electron chi connectivity index (χ3n) is 8.48. The molecule has 8 nitrogen and oxygen atoms in total. The molecule has 0 spiro atoms. The molecule has 0 bridgehead atoms. The Bertz CT molecular complexity index is 1640. The molecule has 2 aliphatic heterocycles. The fourth-order valence-electron chi connectivity index (χ4n) is 6.14. The van der Waals surface area contributed by atoms with Crippen LogP contribution in [0, 0.1) is 13.8 Å². The maximum atomic E-state index is 13.5. The summed E-state index contributed by atoms with van der Waals surface area (Å²) in [6.07, 6.45) is 4.08. The minimum atomic E-state index is -0.936. The van der Waals surface area contributed by atoms with Gasteiger partial charge < -0.3 is 19.4 Å². The van der Waals surface area contributed by atoms with Crippen molar-refractivity contribution in [1.82, 2.24) is 24.8 Å². The van der Waals surface area contributed by atoms with Crippen LogP contribution in [0.15, 0.2) is 55.0 Å². The average Bonchev–Trinajstić information content (AvgIpc) is 3.40. The molecule has 4 aromatic rings. The maximum Gasteiger partial charge on any atom is 0.319 e. The molecule has 1 atom stereocenters. The number of ether oxygens (including phenoxy) is 1. The SMILES string of the molecule is C=C(F)C(=O)N1CCN(c2nc(OC[C@@H]3CCCN3C)nc3c(C)c(-c4cccc5cccc(C)c45)ncc23)CC1. The standard InChI is InChI=1S/C32H35FN6O2/c1-20-8-5-9-23-10-6-12-25(27(20)23)28-21(2)29-26(18-34-28)30(38-14-16-39(17-15-38)31(40)22(3)33)36-32(35-29)41-19-24-11-7-13-37(24)4/h5-6,8-10,12,18,24H,3,7,11,13-17,19H2,1-2,4H3/t24-/m0/s1. The van der Waals surface area contributed by atoms with Gasteiger partial charge in [0.2, 0.25) is 0 Å². The third-order valence-corrected chi connectivity index (χ3v) is 8.48. The molecule has 41 heavy (non-hydrogen) atoms. The lowest BCUT2D eigenvalue weighted by atomic mass is 9.95. The summed E-state index contributed by atoms with van der Waals surface area (Å²) in [5, 5.41) is 3.17. The third kappa shape index (κ3) is 5.10. The highest BCUT2D eigenvalue weighted by Gasteiger charge is 2.27. The number of nitrogens with zero attached hydrogens (tertiary/aromatic N) is 6. The van der Waals surface area contributed by atoms with E-state index in [-0.39, 0.29) is 0 Å². The van der Waals surface area contributed by atoms with Gasteiger partial charge in [-0.15, -0.1) is 0 Å². The summed E-state index contributed by atoms with van der Waals surface area (Å²) in [4.78, 5) is 32.8. The predicted octanol–water partition coefficient (Wildman–Crippen LogP) is 5.07. The van der Waals surface area contributed by atoms with Gasteiger partial charge >= 0.3 is 6.01 Å². The van der Waals surface area contributed by atoms with Crippen LogP contribution < -0.4 is 9.64 Å². The number of carbonyl (C=O) groups is 1. The van der Waals surface area contributed by atoms with Crippen molar-refractivity contribution in [2.24, 2.45) is 0 Å². The number of halogens is 1. The smallest absolute Gasteiger partial charge is 0.319 e. The number of benzene rings is 2. The van der Waals surface area contributed by atoms with Gasteiger partial charge in [-0.3, -0.25) is 9.78 Å². The van der Waals surface area contributed by atoms with Crippen molar-refractivity contribution in [1.29, 1.82) is 0 Å². The van der Waals surface area contributed by atoms with E-state index in [1.807, 2.05) is 6.20 Å². The molecule has 2 fully saturated rings. The van der Waals surface area contributed by atoms with Crippen molar-refractivity contribution < 1.29 is 13.9 Å². The zero-order valence-corrected chi connectivity index (χ0v) is 23.9. The summed E-state index contributed by atoms with van der Waals surface area (Å²) in [6, 6.07) is 13.3. The number of likely N-dealkylation sites (N-methyl/N-ethyl adjacent to an activating group) is 1. The summed E-state index contributed by atoms with van der Waals surface area (Å²) < 4.78 is 19.7. The summed E-state index contributed by atoms with van der Waals surface area (Å²) in [5.74, 6) is -0.879. The molecule has 0 saturated carbocycles. The zero-order chi connectivity index (χ0) is 28.7. The van der Waals surface area contributed by atoms with Crippen molar-refractivity contribution in [2.45, 2.75) is 32.7 Å². The molecule has 0 unspecified atom stereocenters. The highest BCUT2D eigenvalue weighted by molar-refractivity contribution is 6.02. The monoisotopic (exact) mass is 554 g/mol. The maximum absolute atomic E-state index is 13.5. The Balaban J connectivity index is 1.42. The van der Waals surface area contributed by atoms with E-state index >= 15 is 0 Å². The van der Waals surface area contributed by atoms with Crippen molar-refractivity contribution in [2.75, 3.05) is 51.3 Å². The number of aromatic nitrogens is 3. The molecule has 0 radical (unpaired) electrons. The second-order valence-corrected chi connectivity index (χ2v) is 11.1. The van der Waals surface area contributed by atoms with Crippen LogP contribution in [0.1, 0.15) is 24.0 Å². The first kappa shape index (κ1) is 27.1. The minimum Gasteiger partial charge on any atom is -0.462 e. The average molecular weight is 555 g/mol. The highest BCUT2D eigenvalue weighted by atomic mass is 19.1. The Kier molecular flexibility index (Phi) is 7.30. The number of carbonyl (C=O) groups excluding carboxylic acids is 1. The molecule has 2 aromatic heterocycles. The van der Waals surface area contributed by atoms with Crippen LogP contribution in [-0.4, -0.2) is 83.1 Å². The van der Waals surface area contributed by atoms with E-state index in [2.05, 4.69) is 73.7 Å². The first-order valence-corrected chi connectivity index (χ1v) is 14.2. The Morgan fingerprint density at radius 2 is 1.83 bits per heavy atom. The second kappa shape index (κ2) is 11.0. The van der Waals surface area contributed by atoms with Gasteiger partial charge in [0.15, 0.2) is 5.83 Å². The molecule has 2 aromatic carbocycles. The summed E-state index contributed by atoms with van der Waals surface area (Å²) >= 11 is 0. The number of anilines is 1. The largest absolute Gasteiger partial charge is 0.462 e. The Morgan fingerprint density at radius 1 is 1.07 bits per heavy atom. The molecular formula is C32H35FN6O2. The first-order valence-electron chi connectivity index (χ1n) is 14.2. The molecule has 6 rings (SSSR count). The van der Waals surface area contributed by atoms with E-state index in [9.17, 15) is 9.18 Å². The number of rotatable bonds is 6. The van der Waals surface area contributed by atoms with Crippen molar-refractivity contribution >= 4 is 33.4 Å². The molecule has 0 aliphatic carbocycles. The zero-order valence-electron chi connectivity index (χ0n) is 23.9. The van der Waals surface area contributed by atoms with Crippen molar-refractivity contribution in [3.63, 3.8) is 0 Å². The number of aryl methyl sites for hydroxylation is 2. The minimum absolute atomic E-state index is 0.328. The molecular weight excluding hydrogens is 519 g/mol.